The molecule has 0 unspecified atom stereocenters. The highest BCUT2D eigenvalue weighted by Crippen LogP contribution is 2.34. The molecule has 2 heterocycles. The lowest BCUT2D eigenvalue weighted by Gasteiger charge is -2.16. The average molecular weight is 380 g/mol. The third-order valence-corrected chi connectivity index (χ3v) is 5.05. The SMILES string of the molecule is Nc1cccc2c1C(=O)N(c1ccccc1C=Cc1n[nH]c3ccccc13)C2=O. The first-order valence-electron chi connectivity index (χ1n) is 9.12. The number of para-hydroxylation sites is 2. The van der Waals surface area contributed by atoms with Crippen molar-refractivity contribution in [1.82, 2.24) is 10.2 Å². The smallest absolute Gasteiger partial charge is 0.268 e. The van der Waals surface area contributed by atoms with Crippen LogP contribution in [0.2, 0.25) is 0 Å². The lowest BCUT2D eigenvalue weighted by Crippen LogP contribution is -2.30. The Hall–Kier alpha value is -4.19. The van der Waals surface area contributed by atoms with Crippen LogP contribution in [0.15, 0.2) is 66.7 Å². The number of hydrogen-bond donors (Lipinski definition) is 2. The molecule has 6 nitrogen and oxygen atoms in total. The fraction of sp³-hybridized carbons (Fsp3) is 0. The Balaban J connectivity index is 1.57. The van der Waals surface area contributed by atoms with Gasteiger partial charge in [0.1, 0.15) is 0 Å². The van der Waals surface area contributed by atoms with Gasteiger partial charge in [-0.3, -0.25) is 14.7 Å². The molecule has 0 spiro atoms. The number of aromatic nitrogens is 2. The zero-order valence-electron chi connectivity index (χ0n) is 15.3. The monoisotopic (exact) mass is 380 g/mol. The quantitative estimate of drug-likeness (QED) is 0.413. The van der Waals surface area contributed by atoms with Crippen LogP contribution in [0, 0.1) is 0 Å². The van der Waals surface area contributed by atoms with Gasteiger partial charge in [0.15, 0.2) is 0 Å². The Morgan fingerprint density at radius 1 is 0.862 bits per heavy atom. The molecule has 3 N–H and O–H groups in total. The number of nitrogens with one attached hydrogen (secondary N) is 1. The van der Waals surface area contributed by atoms with Gasteiger partial charge in [0.05, 0.1) is 28.0 Å². The number of amides is 2. The lowest BCUT2D eigenvalue weighted by molar-refractivity contribution is 0.0926. The first-order valence-corrected chi connectivity index (χ1v) is 9.12. The third-order valence-electron chi connectivity index (χ3n) is 5.05. The van der Waals surface area contributed by atoms with Crippen molar-refractivity contribution < 1.29 is 9.59 Å². The molecule has 3 aromatic carbocycles. The number of carbonyl (C=O) groups excluding carboxylic acids is 2. The summed E-state index contributed by atoms with van der Waals surface area (Å²) in [4.78, 5) is 27.1. The number of rotatable bonds is 3. The van der Waals surface area contributed by atoms with Gasteiger partial charge in [0.25, 0.3) is 11.8 Å². The van der Waals surface area contributed by atoms with Crippen molar-refractivity contribution in [2.75, 3.05) is 10.6 Å². The number of imide groups is 1. The minimum absolute atomic E-state index is 0.259. The molecule has 0 aliphatic carbocycles. The molecular formula is C23H16N4O2. The van der Waals surface area contributed by atoms with E-state index < -0.39 is 5.91 Å². The van der Waals surface area contributed by atoms with Crippen LogP contribution in [0.4, 0.5) is 11.4 Å². The van der Waals surface area contributed by atoms with E-state index in [4.69, 9.17) is 5.73 Å². The molecule has 0 bridgehead atoms. The van der Waals surface area contributed by atoms with Crippen molar-refractivity contribution in [3.05, 3.63) is 89.1 Å². The van der Waals surface area contributed by atoms with Gasteiger partial charge < -0.3 is 5.73 Å². The van der Waals surface area contributed by atoms with Crippen molar-refractivity contribution in [2.45, 2.75) is 0 Å². The Morgan fingerprint density at radius 3 is 2.52 bits per heavy atom. The lowest BCUT2D eigenvalue weighted by atomic mass is 10.1. The van der Waals surface area contributed by atoms with E-state index >= 15 is 0 Å². The Labute approximate surface area is 166 Å². The number of nitrogens with two attached hydrogens (primary N) is 1. The third kappa shape index (κ3) is 2.62. The zero-order valence-corrected chi connectivity index (χ0v) is 15.3. The van der Waals surface area contributed by atoms with Crippen molar-refractivity contribution in [2.24, 2.45) is 0 Å². The molecule has 1 aliphatic rings. The molecule has 1 aromatic heterocycles. The van der Waals surface area contributed by atoms with Crippen LogP contribution in [0.25, 0.3) is 23.1 Å². The van der Waals surface area contributed by atoms with Crippen LogP contribution >= 0.6 is 0 Å². The van der Waals surface area contributed by atoms with E-state index in [2.05, 4.69) is 10.2 Å². The topological polar surface area (TPSA) is 92.1 Å². The van der Waals surface area contributed by atoms with Gasteiger partial charge in [0, 0.05) is 11.1 Å². The summed E-state index contributed by atoms with van der Waals surface area (Å²) in [5.74, 6) is -0.780. The maximum Gasteiger partial charge on any atom is 0.268 e. The molecule has 0 radical (unpaired) electrons. The molecule has 0 saturated carbocycles. The Bertz CT molecular complexity index is 1320. The summed E-state index contributed by atoms with van der Waals surface area (Å²) in [6, 6.07) is 20.0. The van der Waals surface area contributed by atoms with E-state index in [1.54, 1.807) is 30.3 Å². The van der Waals surface area contributed by atoms with E-state index in [1.165, 1.54) is 4.90 Å². The van der Waals surface area contributed by atoms with Gasteiger partial charge in [-0.25, -0.2) is 4.90 Å². The van der Waals surface area contributed by atoms with Gasteiger partial charge in [0.2, 0.25) is 0 Å². The van der Waals surface area contributed by atoms with Crippen LogP contribution in [-0.2, 0) is 0 Å². The minimum atomic E-state index is -0.408. The largest absolute Gasteiger partial charge is 0.398 e. The summed E-state index contributed by atoms with van der Waals surface area (Å²) in [7, 11) is 0. The van der Waals surface area contributed by atoms with Crippen LogP contribution in [-0.4, -0.2) is 22.0 Å². The predicted octanol–water partition coefficient (Wildman–Crippen LogP) is 4.12. The highest BCUT2D eigenvalue weighted by Gasteiger charge is 2.38. The first-order chi connectivity index (χ1) is 14.1. The maximum atomic E-state index is 13.0. The standard InChI is InChI=1S/C23H16N4O2/c24-17-9-5-8-16-21(17)23(29)27(22(16)28)20-11-4-1-6-14(20)12-13-19-15-7-2-3-10-18(15)25-26-19/h1-13H,24H2,(H,25,26). The predicted molar refractivity (Wildman–Crippen MR) is 113 cm³/mol. The molecule has 6 heteroatoms. The number of anilines is 2. The number of hydrogen-bond acceptors (Lipinski definition) is 4. The van der Waals surface area contributed by atoms with Crippen molar-refractivity contribution in [1.29, 1.82) is 0 Å². The summed E-state index contributed by atoms with van der Waals surface area (Å²) in [6.07, 6.45) is 3.72. The number of nitrogen functional groups attached to an aromatic ring is 1. The van der Waals surface area contributed by atoms with Crippen molar-refractivity contribution in [3.63, 3.8) is 0 Å². The van der Waals surface area contributed by atoms with E-state index in [-0.39, 0.29) is 11.5 Å². The van der Waals surface area contributed by atoms with E-state index in [9.17, 15) is 9.59 Å². The number of nitrogens with zero attached hydrogens (tertiary/aromatic N) is 2. The number of carbonyl (C=O) groups is 2. The molecule has 5 rings (SSSR count). The Kier molecular flexibility index (Phi) is 3.77. The molecule has 4 aromatic rings. The Morgan fingerprint density at radius 2 is 1.66 bits per heavy atom. The number of H-pyrrole nitrogens is 1. The average Bonchev–Trinajstić information content (AvgIpc) is 3.26. The van der Waals surface area contributed by atoms with E-state index in [0.717, 1.165) is 22.2 Å². The van der Waals surface area contributed by atoms with Gasteiger partial charge in [-0.1, -0.05) is 48.5 Å². The van der Waals surface area contributed by atoms with Crippen LogP contribution in [0.3, 0.4) is 0 Å². The van der Waals surface area contributed by atoms with Crippen molar-refractivity contribution in [3.8, 4) is 0 Å². The van der Waals surface area contributed by atoms with Crippen LogP contribution < -0.4 is 10.6 Å². The molecule has 29 heavy (non-hydrogen) atoms. The maximum absolute atomic E-state index is 13.0. The number of aromatic amines is 1. The highest BCUT2D eigenvalue weighted by atomic mass is 16.2. The van der Waals surface area contributed by atoms with Gasteiger partial charge in [-0.05, 0) is 35.9 Å². The fourth-order valence-corrected chi connectivity index (χ4v) is 3.64. The van der Waals surface area contributed by atoms with Gasteiger partial charge in [-0.2, -0.15) is 5.10 Å². The number of benzene rings is 3. The van der Waals surface area contributed by atoms with Gasteiger partial charge in [-0.15, -0.1) is 0 Å². The van der Waals surface area contributed by atoms with Gasteiger partial charge >= 0.3 is 0 Å². The second-order valence-electron chi connectivity index (χ2n) is 6.76. The van der Waals surface area contributed by atoms with Crippen molar-refractivity contribution >= 4 is 46.2 Å². The van der Waals surface area contributed by atoms with E-state index in [0.29, 0.717) is 16.9 Å². The number of fused-ring (bicyclic) bond motifs is 2. The summed E-state index contributed by atoms with van der Waals surface area (Å²) < 4.78 is 0. The molecule has 140 valence electrons. The molecule has 2 amide bonds. The normalized spacial score (nSPS) is 13.6. The fourth-order valence-electron chi connectivity index (χ4n) is 3.64. The second kappa shape index (κ2) is 6.45. The molecule has 0 saturated heterocycles. The van der Waals surface area contributed by atoms with E-state index in [1.807, 2.05) is 48.6 Å². The summed E-state index contributed by atoms with van der Waals surface area (Å²) >= 11 is 0. The molecule has 0 fully saturated rings. The van der Waals surface area contributed by atoms with Crippen LogP contribution in [0.5, 0.6) is 0 Å². The first kappa shape index (κ1) is 16.9. The van der Waals surface area contributed by atoms with Crippen LogP contribution in [0.1, 0.15) is 32.0 Å². The molecular weight excluding hydrogens is 364 g/mol. The minimum Gasteiger partial charge on any atom is -0.398 e. The summed E-state index contributed by atoms with van der Waals surface area (Å²) in [5, 5.41) is 8.32. The summed E-state index contributed by atoms with van der Waals surface area (Å²) in [5.41, 5.74) is 9.80. The highest BCUT2D eigenvalue weighted by molar-refractivity contribution is 6.36. The summed E-state index contributed by atoms with van der Waals surface area (Å²) in [6.45, 7) is 0. The second-order valence-corrected chi connectivity index (χ2v) is 6.76. The molecule has 1 aliphatic heterocycles. The zero-order chi connectivity index (χ0) is 20.0. The molecule has 0 atom stereocenters.